The molecule has 0 radical (unpaired) electrons. The Morgan fingerprint density at radius 1 is 0.800 bits per heavy atom. The van der Waals surface area contributed by atoms with Crippen molar-refractivity contribution in [1.29, 1.82) is 0 Å². The Morgan fingerprint density at radius 2 is 1.44 bits per heavy atom. The topological polar surface area (TPSA) is 105 Å². The first kappa shape index (κ1) is 17.0. The van der Waals surface area contributed by atoms with E-state index in [0.29, 0.717) is 10.9 Å². The number of nitrogens with zero attached hydrogens (tertiary/aromatic N) is 2. The standard InChI is InChI=1S/C17H12N2O4S2/c18-19-12-24(20,21)17-15-9-5-4-6-13(15)10-11-16(17)25(22,23)14-7-2-1-3-8-14/h1-12H. The highest BCUT2D eigenvalue weighted by molar-refractivity contribution is 8.05. The molecular formula is C17H12N2O4S2. The summed E-state index contributed by atoms with van der Waals surface area (Å²) in [7, 11) is -8.36. The molecule has 0 heterocycles. The van der Waals surface area contributed by atoms with E-state index < -0.39 is 24.6 Å². The van der Waals surface area contributed by atoms with Gasteiger partial charge >= 0.3 is 5.55 Å². The van der Waals surface area contributed by atoms with Gasteiger partial charge in [0.1, 0.15) is 4.90 Å². The van der Waals surface area contributed by atoms with Crippen molar-refractivity contribution in [2.24, 2.45) is 0 Å². The monoisotopic (exact) mass is 372 g/mol. The van der Waals surface area contributed by atoms with E-state index in [4.69, 9.17) is 5.53 Å². The molecule has 0 bridgehead atoms. The van der Waals surface area contributed by atoms with Crippen molar-refractivity contribution in [2.75, 3.05) is 0 Å². The second-order valence-electron chi connectivity index (χ2n) is 5.20. The summed E-state index contributed by atoms with van der Waals surface area (Å²) in [5.41, 5.74) is 9.02. The fourth-order valence-corrected chi connectivity index (χ4v) is 5.69. The van der Waals surface area contributed by atoms with Crippen molar-refractivity contribution in [2.45, 2.75) is 14.7 Å². The molecule has 3 aromatic rings. The molecule has 0 aliphatic carbocycles. The summed E-state index contributed by atoms with van der Waals surface area (Å²) in [5, 5.41) is 0.791. The van der Waals surface area contributed by atoms with Crippen molar-refractivity contribution in [3.8, 4) is 0 Å². The van der Waals surface area contributed by atoms with Gasteiger partial charge < -0.3 is 5.53 Å². The highest BCUT2D eigenvalue weighted by atomic mass is 32.2. The molecule has 0 aliphatic rings. The molecule has 126 valence electrons. The molecule has 0 unspecified atom stereocenters. The molecule has 25 heavy (non-hydrogen) atoms. The largest absolute Gasteiger partial charge is 0.374 e. The van der Waals surface area contributed by atoms with Crippen LogP contribution in [-0.4, -0.2) is 27.2 Å². The zero-order valence-electron chi connectivity index (χ0n) is 12.8. The van der Waals surface area contributed by atoms with E-state index in [2.05, 4.69) is 4.79 Å². The summed E-state index contributed by atoms with van der Waals surface area (Å²) >= 11 is 0. The predicted molar refractivity (Wildman–Crippen MR) is 92.7 cm³/mol. The van der Waals surface area contributed by atoms with Crippen molar-refractivity contribution < 1.29 is 21.6 Å². The molecule has 0 atom stereocenters. The van der Waals surface area contributed by atoms with Gasteiger partial charge in [0.2, 0.25) is 9.84 Å². The maximum absolute atomic E-state index is 13.0. The molecule has 3 rings (SSSR count). The van der Waals surface area contributed by atoms with Crippen molar-refractivity contribution in [3.63, 3.8) is 0 Å². The second-order valence-corrected chi connectivity index (χ2v) is 8.82. The normalized spacial score (nSPS) is 11.8. The molecule has 3 aromatic carbocycles. The van der Waals surface area contributed by atoms with Crippen LogP contribution < -0.4 is 0 Å². The second kappa shape index (κ2) is 6.25. The van der Waals surface area contributed by atoms with Gasteiger partial charge in [-0.3, -0.25) is 0 Å². The Morgan fingerprint density at radius 3 is 2.12 bits per heavy atom. The lowest BCUT2D eigenvalue weighted by molar-refractivity contribution is 0.00753. The van der Waals surface area contributed by atoms with Gasteiger partial charge in [0.25, 0.3) is 9.84 Å². The summed E-state index contributed by atoms with van der Waals surface area (Å²) in [4.78, 5) is 1.78. The van der Waals surface area contributed by atoms with Crippen LogP contribution in [0.3, 0.4) is 0 Å². The van der Waals surface area contributed by atoms with Crippen LogP contribution in [0.15, 0.2) is 81.4 Å². The SMILES string of the molecule is [N-]=[N+]=CS(=O)(=O)c1c(S(=O)(=O)c2ccccc2)ccc2ccccc12. The van der Waals surface area contributed by atoms with E-state index in [1.54, 1.807) is 42.5 Å². The molecule has 0 N–H and O–H groups in total. The van der Waals surface area contributed by atoms with Crippen molar-refractivity contribution in [1.82, 2.24) is 0 Å². The molecule has 0 saturated heterocycles. The fourth-order valence-electron chi connectivity index (χ4n) is 2.57. The third-order valence-electron chi connectivity index (χ3n) is 3.66. The number of benzene rings is 3. The first-order chi connectivity index (χ1) is 11.9. The number of rotatable bonds is 4. The fraction of sp³-hybridized carbons (Fsp3) is 0. The smallest absolute Gasteiger partial charge is 0.361 e. The van der Waals surface area contributed by atoms with Crippen LogP contribution in [0.25, 0.3) is 16.3 Å². The van der Waals surface area contributed by atoms with Crippen LogP contribution in [0.5, 0.6) is 0 Å². The first-order valence-electron chi connectivity index (χ1n) is 7.12. The molecule has 0 fully saturated rings. The van der Waals surface area contributed by atoms with Gasteiger partial charge in [-0.2, -0.15) is 4.79 Å². The third-order valence-corrected chi connectivity index (χ3v) is 6.98. The van der Waals surface area contributed by atoms with Crippen molar-refractivity contribution >= 4 is 36.0 Å². The van der Waals surface area contributed by atoms with E-state index >= 15 is 0 Å². The lowest BCUT2D eigenvalue weighted by atomic mass is 10.1. The van der Waals surface area contributed by atoms with Gasteiger partial charge in [0.15, 0.2) is 0 Å². The Bertz CT molecular complexity index is 1210. The third kappa shape index (κ3) is 2.98. The Hall–Kier alpha value is -2.80. The molecule has 8 heteroatoms. The van der Waals surface area contributed by atoms with Gasteiger partial charge in [0, 0.05) is 5.39 Å². The van der Waals surface area contributed by atoms with E-state index in [0.717, 1.165) is 0 Å². The summed E-state index contributed by atoms with van der Waals surface area (Å²) in [6.45, 7) is 0. The highest BCUT2D eigenvalue weighted by Gasteiger charge is 2.31. The summed E-state index contributed by atoms with van der Waals surface area (Å²) in [6.07, 6.45) is 0. The van der Waals surface area contributed by atoms with E-state index in [-0.39, 0.29) is 15.2 Å². The molecule has 0 amide bonds. The lowest BCUT2D eigenvalue weighted by Crippen LogP contribution is -2.12. The minimum Gasteiger partial charge on any atom is -0.361 e. The van der Waals surface area contributed by atoms with Gasteiger partial charge in [-0.1, -0.05) is 48.5 Å². The number of sulfone groups is 2. The molecular weight excluding hydrogens is 360 g/mol. The van der Waals surface area contributed by atoms with Gasteiger partial charge in [-0.15, -0.1) is 0 Å². The Labute approximate surface area is 144 Å². The van der Waals surface area contributed by atoms with E-state index in [1.165, 1.54) is 24.3 Å². The van der Waals surface area contributed by atoms with Crippen molar-refractivity contribution in [3.05, 3.63) is 72.3 Å². The maximum Gasteiger partial charge on any atom is 0.374 e. The zero-order valence-corrected chi connectivity index (χ0v) is 14.4. The molecule has 0 spiro atoms. The maximum atomic E-state index is 13.0. The van der Waals surface area contributed by atoms with Crippen LogP contribution in [0.4, 0.5) is 0 Å². The quantitative estimate of drug-likeness (QED) is 0.304. The first-order valence-corrected chi connectivity index (χ1v) is 10.2. The van der Waals surface area contributed by atoms with Crippen LogP contribution >= 0.6 is 0 Å². The number of fused-ring (bicyclic) bond motifs is 1. The summed E-state index contributed by atoms with van der Waals surface area (Å²) < 4.78 is 51.1. The highest BCUT2D eigenvalue weighted by Crippen LogP contribution is 2.33. The van der Waals surface area contributed by atoms with Gasteiger partial charge in [-0.25, -0.2) is 16.8 Å². The average Bonchev–Trinajstić information content (AvgIpc) is 2.61. The average molecular weight is 372 g/mol. The predicted octanol–water partition coefficient (Wildman–Crippen LogP) is 2.70. The molecule has 6 nitrogen and oxygen atoms in total. The summed E-state index contributed by atoms with van der Waals surface area (Å²) in [5.74, 6) is 0. The van der Waals surface area contributed by atoms with E-state index in [9.17, 15) is 16.8 Å². The number of hydrogen-bond acceptors (Lipinski definition) is 4. The Balaban J connectivity index is 2.47. The molecule has 0 aliphatic heterocycles. The van der Waals surface area contributed by atoms with Gasteiger partial charge in [0.05, 0.1) is 9.79 Å². The van der Waals surface area contributed by atoms with Crippen LogP contribution in [0.2, 0.25) is 0 Å². The lowest BCUT2D eigenvalue weighted by Gasteiger charge is -2.11. The minimum atomic E-state index is -4.28. The molecule has 0 aromatic heterocycles. The van der Waals surface area contributed by atoms with Gasteiger partial charge in [-0.05, 0) is 23.6 Å². The van der Waals surface area contributed by atoms with Crippen LogP contribution in [0.1, 0.15) is 0 Å². The van der Waals surface area contributed by atoms with E-state index in [1.807, 2.05) is 0 Å². The summed E-state index contributed by atoms with van der Waals surface area (Å²) in [6, 6.07) is 16.8. The van der Waals surface area contributed by atoms with Crippen LogP contribution in [-0.2, 0) is 19.7 Å². The zero-order chi connectivity index (χ0) is 18.1. The Kier molecular flexibility index (Phi) is 4.26. The molecule has 0 saturated carbocycles. The van der Waals surface area contributed by atoms with Crippen LogP contribution in [0, 0.1) is 0 Å². The number of hydrogen-bond donors (Lipinski definition) is 0. The minimum absolute atomic E-state index is 0.0253.